The van der Waals surface area contributed by atoms with Crippen LogP contribution >= 0.6 is 15.6 Å². The normalized spacial score (nSPS) is 14.6. The number of aliphatic hydroxyl groups excluding tert-OH is 1. The smallest absolute Gasteiger partial charge is 0.462 e. The summed E-state index contributed by atoms with van der Waals surface area (Å²) in [4.78, 5) is 72.9. The predicted octanol–water partition coefficient (Wildman–Crippen LogP) is 22.3. The minimum absolute atomic E-state index is 0.0640. The van der Waals surface area contributed by atoms with Gasteiger partial charge in [0.15, 0.2) is 12.2 Å². The van der Waals surface area contributed by atoms with Crippen molar-refractivity contribution in [1.29, 1.82) is 0 Å². The summed E-state index contributed by atoms with van der Waals surface area (Å²) >= 11 is 0. The quantitative estimate of drug-likeness (QED) is 0.0169. The third kappa shape index (κ3) is 71.8. The topological polar surface area (TPSA) is 237 Å². The van der Waals surface area contributed by atoms with E-state index in [1.807, 2.05) is 0 Å². The number of unbranched alkanes of at least 4 members (excludes halogenated alkanes) is 26. The molecule has 3 N–H and O–H groups in total. The minimum Gasteiger partial charge on any atom is -0.462 e. The van der Waals surface area contributed by atoms with Gasteiger partial charge in [-0.25, -0.2) is 9.13 Å². The van der Waals surface area contributed by atoms with Crippen molar-refractivity contribution in [3.8, 4) is 0 Å². The van der Waals surface area contributed by atoms with Crippen LogP contribution in [0.1, 0.15) is 310 Å². The van der Waals surface area contributed by atoms with E-state index in [1.54, 1.807) is 0 Å². The van der Waals surface area contributed by atoms with Gasteiger partial charge in [-0.05, 0) is 128 Å². The Morgan fingerprint density at radius 3 is 0.820 bits per heavy atom. The zero-order valence-corrected chi connectivity index (χ0v) is 64.4. The van der Waals surface area contributed by atoms with Crippen LogP contribution in [-0.2, 0) is 65.4 Å². The van der Waals surface area contributed by atoms with Gasteiger partial charge in [0, 0.05) is 25.7 Å². The lowest BCUT2D eigenvalue weighted by atomic mass is 10.0. The van der Waals surface area contributed by atoms with E-state index >= 15 is 0 Å². The molecular formula is C81H138O17P2. The second kappa shape index (κ2) is 72.8. The summed E-state index contributed by atoms with van der Waals surface area (Å²) in [7, 11) is -9.97. The lowest BCUT2D eigenvalue weighted by molar-refractivity contribution is -0.161. The number of rotatable bonds is 72. The fourth-order valence-corrected chi connectivity index (χ4v) is 11.7. The molecule has 0 saturated heterocycles. The average Bonchev–Trinajstić information content (AvgIpc) is 1.01. The molecule has 0 aliphatic rings. The van der Waals surface area contributed by atoms with Gasteiger partial charge in [-0.2, -0.15) is 0 Å². The molecule has 574 valence electrons. The highest BCUT2D eigenvalue weighted by Crippen LogP contribution is 2.45. The van der Waals surface area contributed by atoms with Crippen LogP contribution in [-0.4, -0.2) is 96.7 Å². The molecule has 17 nitrogen and oxygen atoms in total. The Balaban J connectivity index is 5.41. The van der Waals surface area contributed by atoms with E-state index in [0.717, 1.165) is 167 Å². The first-order valence-electron chi connectivity index (χ1n) is 38.8. The Morgan fingerprint density at radius 1 is 0.290 bits per heavy atom. The highest BCUT2D eigenvalue weighted by Gasteiger charge is 2.30. The van der Waals surface area contributed by atoms with Crippen LogP contribution in [0.4, 0.5) is 0 Å². The van der Waals surface area contributed by atoms with Gasteiger partial charge in [0.1, 0.15) is 19.3 Å². The Hall–Kier alpha value is -4.54. The Kier molecular flexibility index (Phi) is 69.5. The zero-order valence-electron chi connectivity index (χ0n) is 62.6. The molecule has 0 saturated carbocycles. The predicted molar refractivity (Wildman–Crippen MR) is 408 cm³/mol. The summed E-state index contributed by atoms with van der Waals surface area (Å²) in [5.74, 6) is -2.25. The van der Waals surface area contributed by atoms with Gasteiger partial charge in [0.2, 0.25) is 0 Å². The lowest BCUT2D eigenvalue weighted by Gasteiger charge is -2.21. The molecule has 0 aromatic heterocycles. The lowest BCUT2D eigenvalue weighted by Crippen LogP contribution is -2.30. The number of carbonyl (C=O) groups excluding carboxylic acids is 4. The van der Waals surface area contributed by atoms with Crippen molar-refractivity contribution in [3.63, 3.8) is 0 Å². The van der Waals surface area contributed by atoms with Crippen molar-refractivity contribution in [3.05, 3.63) is 122 Å². The first kappa shape index (κ1) is 95.5. The zero-order chi connectivity index (χ0) is 73.2. The number of aliphatic hydroxyl groups is 1. The highest BCUT2D eigenvalue weighted by atomic mass is 31.2. The van der Waals surface area contributed by atoms with Crippen molar-refractivity contribution in [2.24, 2.45) is 0 Å². The Morgan fingerprint density at radius 2 is 0.520 bits per heavy atom. The molecule has 0 aromatic carbocycles. The molecule has 0 bridgehead atoms. The highest BCUT2D eigenvalue weighted by molar-refractivity contribution is 7.47. The Labute approximate surface area is 606 Å². The van der Waals surface area contributed by atoms with Crippen LogP contribution in [0.3, 0.4) is 0 Å². The maximum Gasteiger partial charge on any atom is 0.472 e. The standard InChI is InChI=1S/C81H138O17P2/c1-5-9-13-17-21-25-29-33-37-41-45-49-53-57-61-65-78(83)91-71-76(97-80(85)67-63-59-55-51-47-43-39-35-31-27-23-19-15-11-7-3)73-95-99(87,88)93-69-75(82)70-94-100(89,90)96-74-77(98-81(86)68-64-60-56-52-48-44-40-36-32-28-24-20-16-12-8-4)72-92-79(84)66-62-58-54-50-46-42-38-34-30-26-22-18-14-10-6-2/h9-11,13-15,21-23,25-27,33-35,37-39,45,49,75-77,82H,5-8,12,16-20,24,28-32,36,40-44,46-48,50-74H2,1-4H3,(H,87,88)(H,89,90)/b13-9-,14-10-,15-11-,25-21-,26-22-,27-23-,37-33-,38-34-,39-35-,49-45-. The molecule has 0 radical (unpaired) electrons. The first-order valence-corrected chi connectivity index (χ1v) is 41.8. The number of hydrogen-bond donors (Lipinski definition) is 3. The van der Waals surface area contributed by atoms with E-state index in [4.69, 9.17) is 37.0 Å². The van der Waals surface area contributed by atoms with Crippen LogP contribution in [0.2, 0.25) is 0 Å². The second-order valence-corrected chi connectivity index (χ2v) is 28.4. The molecule has 5 atom stereocenters. The average molecular weight is 1450 g/mol. The third-order valence-corrected chi connectivity index (χ3v) is 17.8. The van der Waals surface area contributed by atoms with Gasteiger partial charge in [0.05, 0.1) is 26.4 Å². The third-order valence-electron chi connectivity index (χ3n) is 15.9. The number of hydrogen-bond acceptors (Lipinski definition) is 15. The second-order valence-electron chi connectivity index (χ2n) is 25.5. The molecule has 0 spiro atoms. The fourth-order valence-electron chi connectivity index (χ4n) is 10.1. The van der Waals surface area contributed by atoms with E-state index in [2.05, 4.69) is 149 Å². The summed E-state index contributed by atoms with van der Waals surface area (Å²) in [6.45, 7) is 4.47. The molecule has 0 aliphatic carbocycles. The van der Waals surface area contributed by atoms with Crippen molar-refractivity contribution >= 4 is 39.5 Å². The van der Waals surface area contributed by atoms with Crippen LogP contribution in [0.5, 0.6) is 0 Å². The summed E-state index contributed by atoms with van der Waals surface area (Å²) in [6, 6.07) is 0. The summed E-state index contributed by atoms with van der Waals surface area (Å²) in [5, 5.41) is 10.6. The first-order chi connectivity index (χ1) is 48.7. The molecule has 0 aromatic rings. The van der Waals surface area contributed by atoms with E-state index in [1.165, 1.54) is 64.2 Å². The number of carbonyl (C=O) groups is 4. The molecular weight excluding hydrogens is 1310 g/mol. The fraction of sp³-hybridized carbons (Fsp3) is 0.704. The molecule has 0 amide bonds. The largest absolute Gasteiger partial charge is 0.472 e. The van der Waals surface area contributed by atoms with Crippen molar-refractivity contribution < 1.29 is 80.2 Å². The molecule has 0 aliphatic heterocycles. The van der Waals surface area contributed by atoms with E-state index in [-0.39, 0.29) is 25.7 Å². The van der Waals surface area contributed by atoms with E-state index < -0.39 is 97.5 Å². The number of phosphoric acid groups is 2. The summed E-state index contributed by atoms with van der Waals surface area (Å²) in [6.07, 6.45) is 79.0. The van der Waals surface area contributed by atoms with Crippen molar-refractivity contribution in [2.75, 3.05) is 39.6 Å². The van der Waals surface area contributed by atoms with Crippen molar-refractivity contribution in [2.45, 2.75) is 329 Å². The van der Waals surface area contributed by atoms with Crippen LogP contribution in [0.15, 0.2) is 122 Å². The minimum atomic E-state index is -4.99. The van der Waals surface area contributed by atoms with Gasteiger partial charge >= 0.3 is 39.5 Å². The van der Waals surface area contributed by atoms with Crippen LogP contribution in [0, 0.1) is 0 Å². The molecule has 19 heteroatoms. The van der Waals surface area contributed by atoms with E-state index in [9.17, 15) is 43.2 Å². The number of phosphoric ester groups is 2. The maximum absolute atomic E-state index is 13.1. The van der Waals surface area contributed by atoms with Gasteiger partial charge in [0.25, 0.3) is 0 Å². The van der Waals surface area contributed by atoms with Crippen molar-refractivity contribution in [1.82, 2.24) is 0 Å². The molecule has 0 fully saturated rings. The van der Waals surface area contributed by atoms with Crippen LogP contribution in [0.25, 0.3) is 0 Å². The number of esters is 4. The van der Waals surface area contributed by atoms with E-state index in [0.29, 0.717) is 25.7 Å². The van der Waals surface area contributed by atoms with Gasteiger partial charge in [-0.3, -0.25) is 37.3 Å². The molecule has 0 heterocycles. The number of ether oxygens (including phenoxy) is 4. The Bertz CT molecular complexity index is 2370. The summed E-state index contributed by atoms with van der Waals surface area (Å²) < 4.78 is 68.5. The molecule has 100 heavy (non-hydrogen) atoms. The van der Waals surface area contributed by atoms with Crippen LogP contribution < -0.4 is 0 Å². The molecule has 0 rings (SSSR count). The molecule has 5 unspecified atom stereocenters. The monoisotopic (exact) mass is 1440 g/mol. The summed E-state index contributed by atoms with van der Waals surface area (Å²) in [5.41, 5.74) is 0. The maximum atomic E-state index is 13.1. The van der Waals surface area contributed by atoms with Gasteiger partial charge in [-0.15, -0.1) is 0 Å². The number of allylic oxidation sites excluding steroid dienone is 20. The van der Waals surface area contributed by atoms with Gasteiger partial charge < -0.3 is 33.8 Å². The van der Waals surface area contributed by atoms with Gasteiger partial charge in [-0.1, -0.05) is 278 Å². The SMILES string of the molecule is CC/C=C\C/C=C\C/C=C\C/C=C\CCCCC(=O)OCC(COP(=O)(O)OCC(O)COP(=O)(O)OCC(COC(=O)CCCCCCC/C=C\C/C=C\C/C=C\CC)OC(=O)CCCCCCCCCCCCCCCCC)OC(=O)CCCCCCC/C=C\C/C=C\C/C=C\CC.